The minimum Gasteiger partial charge on any atom is -0.495 e. The van der Waals surface area contributed by atoms with Gasteiger partial charge in [-0.2, -0.15) is 0 Å². The van der Waals surface area contributed by atoms with Crippen molar-refractivity contribution in [3.8, 4) is 5.75 Å². The molecule has 1 aliphatic carbocycles. The van der Waals surface area contributed by atoms with Crippen molar-refractivity contribution in [2.24, 2.45) is 0 Å². The monoisotopic (exact) mass is 510 g/mol. The molecule has 4 aromatic rings. The van der Waals surface area contributed by atoms with Crippen molar-refractivity contribution in [1.29, 1.82) is 0 Å². The summed E-state index contributed by atoms with van der Waals surface area (Å²) in [4.78, 5) is 31.1. The number of hydrogen-bond donors (Lipinski definition) is 2. The molecule has 3 aromatic heterocycles. The van der Waals surface area contributed by atoms with E-state index >= 15 is 0 Å². The predicted molar refractivity (Wildman–Crippen MR) is 134 cm³/mol. The number of carbonyl (C=O) groups excluding carboxylic acids is 1. The molecule has 0 atom stereocenters. The van der Waals surface area contributed by atoms with Crippen molar-refractivity contribution < 1.29 is 19.1 Å². The van der Waals surface area contributed by atoms with Crippen LogP contribution < -0.4 is 15.7 Å². The molecule has 9 nitrogen and oxygen atoms in total. The number of carbonyl (C=O) groups is 1. The number of nitrogens with zero attached hydrogens (tertiary/aromatic N) is 3. The van der Waals surface area contributed by atoms with Crippen LogP contribution in [-0.4, -0.2) is 38.3 Å². The van der Waals surface area contributed by atoms with Crippen LogP contribution in [0, 0.1) is 0 Å². The van der Waals surface area contributed by atoms with Gasteiger partial charge < -0.3 is 19.6 Å². The van der Waals surface area contributed by atoms with Crippen LogP contribution in [0.15, 0.2) is 58.1 Å². The average molecular weight is 511 g/mol. The van der Waals surface area contributed by atoms with Gasteiger partial charge in [0.1, 0.15) is 11.5 Å². The Morgan fingerprint density at radius 1 is 1.25 bits per heavy atom. The highest BCUT2D eigenvalue weighted by molar-refractivity contribution is 6.32. The Balaban J connectivity index is 1.53. The fraction of sp³-hybridized carbons (Fsp3) is 0.346. The van der Waals surface area contributed by atoms with Gasteiger partial charge in [-0.05, 0) is 61.6 Å². The number of pyridine rings is 1. The summed E-state index contributed by atoms with van der Waals surface area (Å²) < 4.78 is 13.8. The highest BCUT2D eigenvalue weighted by Gasteiger charge is 2.27. The van der Waals surface area contributed by atoms with Crippen molar-refractivity contribution >= 4 is 28.7 Å². The number of amides is 1. The van der Waals surface area contributed by atoms with Crippen LogP contribution in [0.1, 0.15) is 53.4 Å². The van der Waals surface area contributed by atoms with Crippen molar-refractivity contribution in [3.05, 3.63) is 81.3 Å². The lowest BCUT2D eigenvalue weighted by atomic mass is 9.93. The summed E-state index contributed by atoms with van der Waals surface area (Å²) in [6.45, 7) is 0.493. The SMILES string of the molecule is COc1ccc(Cn2c(=O)n([C@H]3CC[C@H](O)CC3)c3ncc(C(=O)NCc4ccco4)cc32)cc1Cl. The van der Waals surface area contributed by atoms with Gasteiger partial charge in [-0.25, -0.2) is 9.78 Å². The van der Waals surface area contributed by atoms with E-state index in [4.69, 9.17) is 20.8 Å². The highest BCUT2D eigenvalue weighted by Crippen LogP contribution is 2.31. The molecular formula is C26H27ClN4O5. The van der Waals surface area contributed by atoms with Crippen LogP contribution in [0.4, 0.5) is 0 Å². The maximum atomic E-state index is 13.7. The van der Waals surface area contributed by atoms with Gasteiger partial charge in [-0.3, -0.25) is 13.9 Å². The first-order valence-corrected chi connectivity index (χ1v) is 12.2. The van der Waals surface area contributed by atoms with E-state index in [1.165, 1.54) is 6.20 Å². The normalized spacial score (nSPS) is 17.9. The number of aromatic nitrogens is 3. The number of furan rings is 1. The standard InChI is InChI=1S/C26H27ClN4O5/c1-35-23-9-4-16(11-21(23)27)15-30-22-12-17(25(33)29-14-20-3-2-10-36-20)13-28-24(22)31(26(30)34)18-5-7-19(32)8-6-18/h2-4,9-13,18-19,32H,5-8,14-15H2,1H3,(H,29,33)/t18-,19-. The molecule has 1 aliphatic rings. The van der Waals surface area contributed by atoms with E-state index in [1.807, 2.05) is 6.07 Å². The van der Waals surface area contributed by atoms with Crippen LogP contribution in [0.25, 0.3) is 11.2 Å². The van der Waals surface area contributed by atoms with Gasteiger partial charge >= 0.3 is 5.69 Å². The molecule has 0 unspecified atom stereocenters. The zero-order valence-corrected chi connectivity index (χ0v) is 20.6. The number of ether oxygens (including phenoxy) is 1. The number of benzene rings is 1. The molecule has 1 fully saturated rings. The number of methoxy groups -OCH3 is 1. The van der Waals surface area contributed by atoms with Gasteiger partial charge in [0.25, 0.3) is 5.91 Å². The Morgan fingerprint density at radius 2 is 2.06 bits per heavy atom. The first-order chi connectivity index (χ1) is 17.4. The zero-order valence-electron chi connectivity index (χ0n) is 19.8. The summed E-state index contributed by atoms with van der Waals surface area (Å²) in [5, 5.41) is 13.2. The molecule has 0 bridgehead atoms. The maximum absolute atomic E-state index is 13.7. The van der Waals surface area contributed by atoms with Crippen molar-refractivity contribution in [3.63, 3.8) is 0 Å². The van der Waals surface area contributed by atoms with Gasteiger partial charge in [-0.1, -0.05) is 17.7 Å². The molecule has 0 aliphatic heterocycles. The summed E-state index contributed by atoms with van der Waals surface area (Å²) >= 11 is 6.32. The van der Waals surface area contributed by atoms with E-state index in [1.54, 1.807) is 52.8 Å². The first kappa shape index (κ1) is 24.1. The van der Waals surface area contributed by atoms with Crippen LogP contribution in [0.2, 0.25) is 5.02 Å². The van der Waals surface area contributed by atoms with Crippen LogP contribution in [0.3, 0.4) is 0 Å². The Kier molecular flexibility index (Phi) is 6.84. The third-order valence-corrected chi connectivity index (χ3v) is 6.95. The highest BCUT2D eigenvalue weighted by atomic mass is 35.5. The molecule has 0 saturated heterocycles. The molecular weight excluding hydrogens is 484 g/mol. The predicted octanol–water partition coefficient (Wildman–Crippen LogP) is 3.91. The minimum absolute atomic E-state index is 0.0739. The quantitative estimate of drug-likeness (QED) is 0.390. The van der Waals surface area contributed by atoms with Gasteiger partial charge in [-0.15, -0.1) is 0 Å². The lowest BCUT2D eigenvalue weighted by Crippen LogP contribution is -2.31. The molecule has 188 valence electrons. The molecule has 2 N–H and O–H groups in total. The molecule has 1 saturated carbocycles. The number of fused-ring (bicyclic) bond motifs is 1. The lowest BCUT2D eigenvalue weighted by molar-refractivity contribution is 0.0947. The van der Waals surface area contributed by atoms with Gasteiger partial charge in [0, 0.05) is 12.2 Å². The molecule has 36 heavy (non-hydrogen) atoms. The molecule has 0 spiro atoms. The number of hydrogen-bond acceptors (Lipinski definition) is 6. The summed E-state index contributed by atoms with van der Waals surface area (Å²) in [6, 6.07) is 10.5. The van der Waals surface area contributed by atoms with E-state index in [2.05, 4.69) is 10.3 Å². The van der Waals surface area contributed by atoms with Crippen molar-refractivity contribution in [2.45, 2.75) is 50.9 Å². The maximum Gasteiger partial charge on any atom is 0.330 e. The second kappa shape index (κ2) is 10.2. The first-order valence-electron chi connectivity index (χ1n) is 11.9. The van der Waals surface area contributed by atoms with Crippen molar-refractivity contribution in [1.82, 2.24) is 19.4 Å². The third-order valence-electron chi connectivity index (χ3n) is 6.66. The number of aliphatic hydroxyl groups excluding tert-OH is 1. The molecule has 1 amide bonds. The number of rotatable bonds is 7. The minimum atomic E-state index is -0.343. The molecule has 3 heterocycles. The van der Waals surface area contributed by atoms with Gasteiger partial charge in [0.2, 0.25) is 0 Å². The van der Waals surface area contributed by atoms with Crippen molar-refractivity contribution in [2.75, 3.05) is 7.11 Å². The van der Waals surface area contributed by atoms with E-state index in [-0.39, 0.29) is 36.8 Å². The average Bonchev–Trinajstić information content (AvgIpc) is 3.49. The summed E-state index contributed by atoms with van der Waals surface area (Å²) in [7, 11) is 1.55. The summed E-state index contributed by atoms with van der Waals surface area (Å²) in [5.74, 6) is 0.866. The molecule has 0 radical (unpaired) electrons. The second-order valence-electron chi connectivity index (χ2n) is 9.00. The number of aliphatic hydroxyl groups is 1. The zero-order chi connectivity index (χ0) is 25.2. The summed E-state index contributed by atoms with van der Waals surface area (Å²) in [5.41, 5.74) is 2.02. The number of imidazole rings is 1. The number of nitrogens with one attached hydrogen (secondary N) is 1. The van der Waals surface area contributed by atoms with E-state index in [0.717, 1.165) is 5.56 Å². The smallest absolute Gasteiger partial charge is 0.330 e. The van der Waals surface area contributed by atoms with Gasteiger partial charge in [0.15, 0.2) is 5.65 Å². The van der Waals surface area contributed by atoms with Crippen LogP contribution in [0.5, 0.6) is 5.75 Å². The Hall–Kier alpha value is -3.56. The summed E-state index contributed by atoms with van der Waals surface area (Å²) in [6.07, 6.45) is 5.32. The van der Waals surface area contributed by atoms with E-state index < -0.39 is 0 Å². The van der Waals surface area contributed by atoms with Gasteiger partial charge in [0.05, 0.1) is 48.7 Å². The number of halogens is 1. The van der Waals surface area contributed by atoms with E-state index in [9.17, 15) is 14.7 Å². The Bertz CT molecular complexity index is 1430. The van der Waals surface area contributed by atoms with Crippen LogP contribution >= 0.6 is 11.6 Å². The van der Waals surface area contributed by atoms with E-state index in [0.29, 0.717) is 58.9 Å². The molecule has 5 rings (SSSR count). The molecule has 1 aromatic carbocycles. The second-order valence-corrected chi connectivity index (χ2v) is 9.41. The lowest BCUT2D eigenvalue weighted by Gasteiger charge is -2.26. The molecule has 10 heteroatoms. The fourth-order valence-electron chi connectivity index (χ4n) is 4.75. The Morgan fingerprint density at radius 3 is 2.75 bits per heavy atom. The largest absolute Gasteiger partial charge is 0.495 e. The topological polar surface area (TPSA) is 112 Å². The Labute approximate surface area is 212 Å². The van der Waals surface area contributed by atoms with Crippen LogP contribution in [-0.2, 0) is 13.1 Å². The third kappa shape index (κ3) is 4.76. The fourth-order valence-corrected chi connectivity index (χ4v) is 5.03.